The highest BCUT2D eigenvalue weighted by Crippen LogP contribution is 2.31. The molecule has 2 unspecified atom stereocenters. The Kier molecular flexibility index (Phi) is 4.71. The monoisotopic (exact) mass is 352 g/mol. The van der Waals surface area contributed by atoms with Crippen LogP contribution in [0.2, 0.25) is 0 Å². The molecule has 0 aliphatic carbocycles. The first-order chi connectivity index (χ1) is 9.88. The van der Waals surface area contributed by atoms with E-state index < -0.39 is 12.1 Å². The van der Waals surface area contributed by atoms with E-state index in [1.165, 1.54) is 0 Å². The standard InChI is InChI=1S/C16H21BrN2O2/c1-5-12-15(20)18-14(9(2)3)16(21)19(12)13-8-6-7-11(17)10(13)4/h6-9,12,14H,5H2,1-4H3,(H,18,20). The highest BCUT2D eigenvalue weighted by molar-refractivity contribution is 9.10. The molecule has 0 aromatic heterocycles. The molecule has 0 bridgehead atoms. The predicted octanol–water partition coefficient (Wildman–Crippen LogP) is 3.02. The number of carbonyl (C=O) groups excluding carboxylic acids is 2. The van der Waals surface area contributed by atoms with E-state index in [0.717, 1.165) is 15.7 Å². The van der Waals surface area contributed by atoms with Gasteiger partial charge < -0.3 is 5.32 Å². The summed E-state index contributed by atoms with van der Waals surface area (Å²) in [6.07, 6.45) is 0.592. The minimum atomic E-state index is -0.460. The van der Waals surface area contributed by atoms with Crippen molar-refractivity contribution in [2.24, 2.45) is 5.92 Å². The molecule has 4 nitrogen and oxygen atoms in total. The van der Waals surface area contributed by atoms with E-state index in [9.17, 15) is 9.59 Å². The first-order valence-electron chi connectivity index (χ1n) is 7.27. The molecule has 1 aliphatic rings. The molecule has 5 heteroatoms. The highest BCUT2D eigenvalue weighted by atomic mass is 79.9. The van der Waals surface area contributed by atoms with Gasteiger partial charge in [0.25, 0.3) is 5.91 Å². The minimum Gasteiger partial charge on any atom is -0.342 e. The van der Waals surface area contributed by atoms with Gasteiger partial charge in [0, 0.05) is 10.2 Å². The summed E-state index contributed by atoms with van der Waals surface area (Å²) < 4.78 is 0.940. The molecular formula is C16H21BrN2O2. The Morgan fingerprint density at radius 2 is 2.00 bits per heavy atom. The zero-order chi connectivity index (χ0) is 15.7. The molecule has 21 heavy (non-hydrogen) atoms. The van der Waals surface area contributed by atoms with Crippen LogP contribution in [0.25, 0.3) is 0 Å². The van der Waals surface area contributed by atoms with Gasteiger partial charge in [0.1, 0.15) is 12.1 Å². The fourth-order valence-electron chi connectivity index (χ4n) is 2.70. The van der Waals surface area contributed by atoms with Crippen molar-refractivity contribution < 1.29 is 9.59 Å². The smallest absolute Gasteiger partial charge is 0.250 e. The first kappa shape index (κ1) is 16.0. The zero-order valence-corrected chi connectivity index (χ0v) is 14.4. The molecule has 2 atom stereocenters. The second-order valence-electron chi connectivity index (χ2n) is 5.75. The van der Waals surface area contributed by atoms with E-state index in [4.69, 9.17) is 0 Å². The second-order valence-corrected chi connectivity index (χ2v) is 6.60. The Labute approximate surface area is 134 Å². The summed E-state index contributed by atoms with van der Waals surface area (Å²) in [5.74, 6) is -0.0398. The van der Waals surface area contributed by atoms with Crippen molar-refractivity contribution in [2.45, 2.75) is 46.2 Å². The maximum Gasteiger partial charge on any atom is 0.250 e. The van der Waals surface area contributed by atoms with Crippen LogP contribution in [0.4, 0.5) is 5.69 Å². The van der Waals surface area contributed by atoms with Crippen molar-refractivity contribution in [3.05, 3.63) is 28.2 Å². The van der Waals surface area contributed by atoms with Gasteiger partial charge >= 0.3 is 0 Å². The average Bonchev–Trinajstić information content (AvgIpc) is 2.43. The van der Waals surface area contributed by atoms with Crippen LogP contribution in [0.15, 0.2) is 22.7 Å². The summed E-state index contributed by atoms with van der Waals surface area (Å²) >= 11 is 3.50. The number of carbonyl (C=O) groups is 2. The quantitative estimate of drug-likeness (QED) is 0.908. The fourth-order valence-corrected chi connectivity index (χ4v) is 3.05. The van der Waals surface area contributed by atoms with Gasteiger partial charge in [0.15, 0.2) is 0 Å². The highest BCUT2D eigenvalue weighted by Gasteiger charge is 2.42. The summed E-state index contributed by atoms with van der Waals surface area (Å²) in [7, 11) is 0. The molecule has 114 valence electrons. The maximum atomic E-state index is 12.8. The summed E-state index contributed by atoms with van der Waals surface area (Å²) in [4.78, 5) is 26.9. The van der Waals surface area contributed by atoms with Gasteiger partial charge in [-0.3, -0.25) is 14.5 Å². The molecule has 1 heterocycles. The predicted molar refractivity (Wildman–Crippen MR) is 87.2 cm³/mol. The lowest BCUT2D eigenvalue weighted by Gasteiger charge is -2.40. The van der Waals surface area contributed by atoms with Crippen LogP contribution in [0.1, 0.15) is 32.8 Å². The Morgan fingerprint density at radius 1 is 1.33 bits per heavy atom. The number of nitrogens with zero attached hydrogens (tertiary/aromatic N) is 1. The lowest BCUT2D eigenvalue weighted by Crippen LogP contribution is -2.65. The number of piperazine rings is 1. The number of halogens is 1. The molecule has 2 amide bonds. The largest absolute Gasteiger partial charge is 0.342 e. The van der Waals surface area contributed by atoms with Gasteiger partial charge in [-0.1, -0.05) is 42.8 Å². The normalized spacial score (nSPS) is 22.7. The third-order valence-corrected chi connectivity index (χ3v) is 4.83. The van der Waals surface area contributed by atoms with Gasteiger partial charge in [-0.05, 0) is 37.0 Å². The Bertz CT molecular complexity index is 571. The van der Waals surface area contributed by atoms with Crippen molar-refractivity contribution in [1.82, 2.24) is 5.32 Å². The van der Waals surface area contributed by atoms with Crippen LogP contribution in [0, 0.1) is 12.8 Å². The number of hydrogen-bond acceptors (Lipinski definition) is 2. The molecule has 1 aliphatic heterocycles. The number of hydrogen-bond donors (Lipinski definition) is 1. The molecular weight excluding hydrogens is 332 g/mol. The zero-order valence-electron chi connectivity index (χ0n) is 12.8. The van der Waals surface area contributed by atoms with Crippen molar-refractivity contribution in [3.63, 3.8) is 0 Å². The van der Waals surface area contributed by atoms with Crippen LogP contribution in [-0.4, -0.2) is 23.9 Å². The Morgan fingerprint density at radius 3 is 2.57 bits per heavy atom. The number of anilines is 1. The van der Waals surface area contributed by atoms with Gasteiger partial charge in [0.2, 0.25) is 5.91 Å². The molecule has 1 fully saturated rings. The third-order valence-electron chi connectivity index (χ3n) is 3.97. The van der Waals surface area contributed by atoms with Crippen LogP contribution >= 0.6 is 15.9 Å². The van der Waals surface area contributed by atoms with E-state index in [1.807, 2.05) is 45.9 Å². The van der Waals surface area contributed by atoms with Crippen molar-refractivity contribution in [2.75, 3.05) is 4.90 Å². The van der Waals surface area contributed by atoms with Crippen molar-refractivity contribution in [1.29, 1.82) is 0 Å². The number of benzene rings is 1. The lowest BCUT2D eigenvalue weighted by atomic mass is 9.95. The fraction of sp³-hybridized carbons (Fsp3) is 0.500. The lowest BCUT2D eigenvalue weighted by molar-refractivity contribution is -0.134. The van der Waals surface area contributed by atoms with E-state index in [-0.39, 0.29) is 17.7 Å². The van der Waals surface area contributed by atoms with Crippen LogP contribution in [0.5, 0.6) is 0 Å². The SMILES string of the molecule is CCC1C(=O)NC(C(C)C)C(=O)N1c1cccc(Br)c1C. The molecule has 2 rings (SSSR count). The van der Waals surface area contributed by atoms with Gasteiger partial charge in [0.05, 0.1) is 0 Å². The van der Waals surface area contributed by atoms with Crippen molar-refractivity contribution >= 4 is 33.4 Å². The van der Waals surface area contributed by atoms with E-state index in [0.29, 0.717) is 6.42 Å². The van der Waals surface area contributed by atoms with Gasteiger partial charge in [-0.25, -0.2) is 0 Å². The van der Waals surface area contributed by atoms with Crippen LogP contribution in [0.3, 0.4) is 0 Å². The van der Waals surface area contributed by atoms with Crippen LogP contribution in [-0.2, 0) is 9.59 Å². The van der Waals surface area contributed by atoms with Crippen molar-refractivity contribution in [3.8, 4) is 0 Å². The molecule has 1 aromatic carbocycles. The topological polar surface area (TPSA) is 49.4 Å². The minimum absolute atomic E-state index is 0.0300. The second kappa shape index (κ2) is 6.18. The summed E-state index contributed by atoms with van der Waals surface area (Å²) in [5.41, 5.74) is 1.78. The Balaban J connectivity index is 2.52. The molecule has 0 spiro atoms. The summed E-state index contributed by atoms with van der Waals surface area (Å²) in [6.45, 7) is 7.77. The third kappa shape index (κ3) is 2.84. The summed E-state index contributed by atoms with van der Waals surface area (Å²) in [5, 5.41) is 2.86. The van der Waals surface area contributed by atoms with Gasteiger partial charge in [-0.15, -0.1) is 0 Å². The number of nitrogens with one attached hydrogen (secondary N) is 1. The molecule has 0 saturated carbocycles. The molecule has 1 aromatic rings. The van der Waals surface area contributed by atoms with E-state index in [1.54, 1.807) is 4.90 Å². The Hall–Kier alpha value is -1.36. The number of amides is 2. The average molecular weight is 353 g/mol. The molecule has 1 N–H and O–H groups in total. The maximum absolute atomic E-state index is 12.8. The number of rotatable bonds is 3. The summed E-state index contributed by atoms with van der Waals surface area (Å²) in [6, 6.07) is 4.83. The van der Waals surface area contributed by atoms with E-state index >= 15 is 0 Å². The van der Waals surface area contributed by atoms with Crippen LogP contribution < -0.4 is 10.2 Å². The molecule has 0 radical (unpaired) electrons. The molecule has 1 saturated heterocycles. The van der Waals surface area contributed by atoms with Gasteiger partial charge in [-0.2, -0.15) is 0 Å². The van der Waals surface area contributed by atoms with E-state index in [2.05, 4.69) is 21.2 Å². The first-order valence-corrected chi connectivity index (χ1v) is 8.06.